The van der Waals surface area contributed by atoms with Crippen molar-refractivity contribution < 1.29 is 4.74 Å². The van der Waals surface area contributed by atoms with Crippen molar-refractivity contribution in [1.82, 2.24) is 0 Å². The molecule has 0 bridgehead atoms. The minimum absolute atomic E-state index is 0.155. The van der Waals surface area contributed by atoms with Gasteiger partial charge in [-0.2, -0.15) is 0 Å². The van der Waals surface area contributed by atoms with Crippen molar-refractivity contribution in [1.29, 1.82) is 0 Å². The lowest BCUT2D eigenvalue weighted by Gasteiger charge is -2.35. The fourth-order valence-electron chi connectivity index (χ4n) is 4.22. The summed E-state index contributed by atoms with van der Waals surface area (Å²) in [6.07, 6.45) is 1.98. The van der Waals surface area contributed by atoms with E-state index in [-0.39, 0.29) is 6.04 Å². The minimum Gasteiger partial charge on any atom is -0.495 e. The van der Waals surface area contributed by atoms with Crippen molar-refractivity contribution in [2.75, 3.05) is 18.6 Å². The largest absolute Gasteiger partial charge is 0.495 e. The molecule has 4 aromatic rings. The molecular weight excluding hydrogens is 421 g/mol. The van der Waals surface area contributed by atoms with Crippen LogP contribution in [0.25, 0.3) is 0 Å². The maximum atomic E-state index is 5.96. The molecule has 1 atom stereocenters. The molecule has 2 nitrogen and oxygen atoms in total. The third-order valence-electron chi connectivity index (χ3n) is 5.83. The van der Waals surface area contributed by atoms with Crippen LogP contribution in [0.15, 0.2) is 122 Å². The molecule has 0 radical (unpaired) electrons. The number of anilines is 1. The van der Waals surface area contributed by atoms with Crippen molar-refractivity contribution in [3.8, 4) is 5.75 Å². The molecule has 0 aliphatic heterocycles. The number of methoxy groups -OCH3 is 1. The summed E-state index contributed by atoms with van der Waals surface area (Å²) in [4.78, 5) is 2.41. The van der Waals surface area contributed by atoms with Crippen LogP contribution in [0.3, 0.4) is 0 Å². The quantitative estimate of drug-likeness (QED) is 0.222. The molecule has 0 aliphatic carbocycles. The van der Waals surface area contributed by atoms with Crippen LogP contribution in [0.2, 0.25) is 0 Å². The van der Waals surface area contributed by atoms with E-state index in [0.29, 0.717) is 0 Å². The first-order valence-electron chi connectivity index (χ1n) is 11.2. The number of para-hydroxylation sites is 1. The van der Waals surface area contributed by atoms with E-state index in [0.717, 1.165) is 18.0 Å². The van der Waals surface area contributed by atoms with Crippen LogP contribution in [0.1, 0.15) is 18.5 Å². The van der Waals surface area contributed by atoms with Crippen LogP contribution in [-0.4, -0.2) is 13.7 Å². The predicted octanol–water partition coefficient (Wildman–Crippen LogP) is 6.21. The Morgan fingerprint density at radius 3 is 1.85 bits per heavy atom. The first kappa shape index (κ1) is 22.8. The first-order valence-corrected chi connectivity index (χ1v) is 12.6. The molecule has 0 amide bonds. The Morgan fingerprint density at radius 2 is 1.33 bits per heavy atom. The molecule has 0 fully saturated rings. The third kappa shape index (κ3) is 5.02. The third-order valence-corrected chi connectivity index (χ3v) is 8.30. The fourth-order valence-corrected chi connectivity index (χ4v) is 6.70. The number of rotatable bonds is 9. The minimum atomic E-state index is -0.782. The van der Waals surface area contributed by atoms with Crippen LogP contribution >= 0.6 is 7.92 Å². The first-order chi connectivity index (χ1) is 16.2. The molecule has 0 saturated carbocycles. The van der Waals surface area contributed by atoms with Gasteiger partial charge in [-0.15, -0.1) is 6.58 Å². The van der Waals surface area contributed by atoms with Crippen molar-refractivity contribution >= 4 is 29.5 Å². The normalized spacial score (nSPS) is 11.7. The second-order valence-corrected chi connectivity index (χ2v) is 10.0. The molecule has 33 heavy (non-hydrogen) atoms. The summed E-state index contributed by atoms with van der Waals surface area (Å²) in [5.74, 6) is 0.886. The zero-order valence-corrected chi connectivity index (χ0v) is 20.2. The molecule has 166 valence electrons. The van der Waals surface area contributed by atoms with Gasteiger partial charge in [-0.3, -0.25) is 0 Å². The van der Waals surface area contributed by atoms with Gasteiger partial charge in [0.1, 0.15) is 5.75 Å². The Labute approximate surface area is 198 Å². The van der Waals surface area contributed by atoms with Gasteiger partial charge >= 0.3 is 0 Å². The molecular formula is C30H30NOP. The second kappa shape index (κ2) is 11.0. The molecule has 4 aromatic carbocycles. The summed E-state index contributed by atoms with van der Waals surface area (Å²) < 4.78 is 5.96. The lowest BCUT2D eigenvalue weighted by atomic mass is 10.1. The Bertz CT molecular complexity index is 1120. The molecule has 0 saturated heterocycles. The Balaban J connectivity index is 1.94. The maximum absolute atomic E-state index is 5.96. The SMILES string of the molecule is C=CCN(c1c(OC)cccc1P(c1ccccc1)c1ccccc1)[C@@H](C)c1ccccc1. The highest BCUT2D eigenvalue weighted by Crippen LogP contribution is 2.42. The van der Waals surface area contributed by atoms with E-state index in [1.165, 1.54) is 21.5 Å². The monoisotopic (exact) mass is 451 g/mol. The molecule has 3 heteroatoms. The van der Waals surface area contributed by atoms with Gasteiger partial charge in [-0.1, -0.05) is 109 Å². The summed E-state index contributed by atoms with van der Waals surface area (Å²) in [6.45, 7) is 7.04. The van der Waals surface area contributed by atoms with Crippen molar-refractivity contribution in [2.45, 2.75) is 13.0 Å². The zero-order chi connectivity index (χ0) is 23.0. The van der Waals surface area contributed by atoms with Crippen LogP contribution in [-0.2, 0) is 0 Å². The number of hydrogen-bond acceptors (Lipinski definition) is 2. The van der Waals surface area contributed by atoms with Gasteiger partial charge in [0, 0.05) is 11.8 Å². The van der Waals surface area contributed by atoms with E-state index >= 15 is 0 Å². The van der Waals surface area contributed by atoms with E-state index in [4.69, 9.17) is 4.74 Å². The maximum Gasteiger partial charge on any atom is 0.142 e. The average molecular weight is 452 g/mol. The van der Waals surface area contributed by atoms with Crippen LogP contribution in [0, 0.1) is 0 Å². The van der Waals surface area contributed by atoms with Crippen LogP contribution < -0.4 is 25.6 Å². The molecule has 0 aliphatic rings. The summed E-state index contributed by atoms with van der Waals surface area (Å²) in [5, 5.41) is 3.92. The summed E-state index contributed by atoms with van der Waals surface area (Å²) in [5.41, 5.74) is 2.40. The van der Waals surface area contributed by atoms with Gasteiger partial charge in [0.2, 0.25) is 0 Å². The standard InChI is InChI=1S/C30H30NOP/c1-4-23-31(24(2)25-15-8-5-9-16-25)30-28(32-3)21-14-22-29(30)33(26-17-10-6-11-18-26)27-19-12-7-13-20-27/h4-22,24H,1,23H2,2-3H3/t24-/m0/s1. The molecule has 0 spiro atoms. The molecule has 4 rings (SSSR count). The average Bonchev–Trinajstić information content (AvgIpc) is 2.89. The van der Waals surface area contributed by atoms with E-state index in [1.54, 1.807) is 7.11 Å². The number of benzene rings is 4. The van der Waals surface area contributed by atoms with Gasteiger partial charge in [0.05, 0.1) is 18.8 Å². The highest BCUT2D eigenvalue weighted by molar-refractivity contribution is 7.80. The highest BCUT2D eigenvalue weighted by Gasteiger charge is 2.27. The Kier molecular flexibility index (Phi) is 7.60. The molecule has 0 heterocycles. The van der Waals surface area contributed by atoms with Crippen molar-refractivity contribution in [3.05, 3.63) is 127 Å². The van der Waals surface area contributed by atoms with E-state index in [1.807, 2.05) is 6.08 Å². The number of hydrogen-bond donors (Lipinski definition) is 0. The summed E-state index contributed by atoms with van der Waals surface area (Å²) >= 11 is 0. The number of nitrogens with zero attached hydrogens (tertiary/aromatic N) is 1. The summed E-state index contributed by atoms with van der Waals surface area (Å²) in [6, 6.07) is 38.8. The van der Waals surface area contributed by atoms with Crippen molar-refractivity contribution in [2.24, 2.45) is 0 Å². The van der Waals surface area contributed by atoms with Gasteiger partial charge in [0.25, 0.3) is 0 Å². The van der Waals surface area contributed by atoms with Crippen LogP contribution in [0.4, 0.5) is 5.69 Å². The highest BCUT2D eigenvalue weighted by atomic mass is 31.1. The van der Waals surface area contributed by atoms with Gasteiger partial charge in [-0.05, 0) is 37.1 Å². The Morgan fingerprint density at radius 1 is 0.788 bits per heavy atom. The van der Waals surface area contributed by atoms with E-state index in [2.05, 4.69) is 128 Å². The lowest BCUT2D eigenvalue weighted by Crippen LogP contribution is -2.33. The predicted molar refractivity (Wildman–Crippen MR) is 144 cm³/mol. The fraction of sp³-hybridized carbons (Fsp3) is 0.133. The van der Waals surface area contributed by atoms with Gasteiger partial charge in [0.15, 0.2) is 0 Å². The topological polar surface area (TPSA) is 12.5 Å². The summed E-state index contributed by atoms with van der Waals surface area (Å²) in [7, 11) is 0.978. The van der Waals surface area contributed by atoms with E-state index < -0.39 is 7.92 Å². The lowest BCUT2D eigenvalue weighted by molar-refractivity contribution is 0.414. The van der Waals surface area contributed by atoms with Crippen molar-refractivity contribution in [3.63, 3.8) is 0 Å². The van der Waals surface area contributed by atoms with E-state index in [9.17, 15) is 0 Å². The zero-order valence-electron chi connectivity index (χ0n) is 19.3. The number of ether oxygens (including phenoxy) is 1. The molecule has 0 N–H and O–H groups in total. The van der Waals surface area contributed by atoms with Crippen LogP contribution in [0.5, 0.6) is 5.75 Å². The molecule has 0 unspecified atom stereocenters. The van der Waals surface area contributed by atoms with Gasteiger partial charge < -0.3 is 9.64 Å². The second-order valence-electron chi connectivity index (χ2n) is 7.86. The smallest absolute Gasteiger partial charge is 0.142 e. The molecule has 0 aromatic heterocycles. The Hall–Kier alpha value is -3.35. The van der Waals surface area contributed by atoms with Gasteiger partial charge in [-0.25, -0.2) is 0 Å².